The van der Waals surface area contributed by atoms with Gasteiger partial charge in [-0.05, 0) is 24.6 Å². The molecule has 1 aliphatic heterocycles. The third kappa shape index (κ3) is 3.74. The average Bonchev–Trinajstić information content (AvgIpc) is 3.56. The summed E-state index contributed by atoms with van der Waals surface area (Å²) in [5, 5.41) is 4.35. The van der Waals surface area contributed by atoms with Crippen molar-refractivity contribution in [2.45, 2.75) is 6.92 Å². The molecule has 1 aliphatic rings. The van der Waals surface area contributed by atoms with E-state index < -0.39 is 31.9 Å². The van der Waals surface area contributed by atoms with Crippen LogP contribution in [-0.2, 0) is 4.74 Å². The predicted molar refractivity (Wildman–Crippen MR) is 125 cm³/mol. The van der Waals surface area contributed by atoms with Crippen molar-refractivity contribution >= 4 is 16.9 Å². The molecule has 0 aliphatic carbocycles. The van der Waals surface area contributed by atoms with Crippen LogP contribution < -0.4 is 4.90 Å². The maximum atomic E-state index is 8.57. The minimum atomic E-state index is -3.29. The number of hydrogen-bond donors (Lipinski definition) is 0. The summed E-state index contributed by atoms with van der Waals surface area (Å²) < 4.78 is 78.8. The van der Waals surface area contributed by atoms with Crippen molar-refractivity contribution in [1.29, 1.82) is 0 Å². The SMILES string of the molecule is [2H]C1([2H])OC([2H])([2H])C([2H])([2H])N(c2nc(-n3cc(-c4cccc(C)c4)cn3)nc3cc(-c4cccnc4)oc23)C1([2H])[2H]. The lowest BCUT2D eigenvalue weighted by Gasteiger charge is -2.27. The highest BCUT2D eigenvalue weighted by molar-refractivity contribution is 5.88. The van der Waals surface area contributed by atoms with Gasteiger partial charge in [0.2, 0.25) is 0 Å². The van der Waals surface area contributed by atoms with Gasteiger partial charge >= 0.3 is 0 Å². The van der Waals surface area contributed by atoms with Gasteiger partial charge in [-0.2, -0.15) is 10.1 Å². The predicted octanol–water partition coefficient (Wildman–Crippen LogP) is 4.28. The van der Waals surface area contributed by atoms with Gasteiger partial charge in [0.05, 0.1) is 30.3 Å². The van der Waals surface area contributed by atoms with Crippen molar-refractivity contribution in [3.63, 3.8) is 0 Å². The Kier molecular flexibility index (Phi) is 3.17. The van der Waals surface area contributed by atoms with Crippen LogP contribution in [0.15, 0.2) is 71.7 Å². The number of rotatable bonds is 4. The lowest BCUT2D eigenvalue weighted by molar-refractivity contribution is 0.122. The second-order valence-electron chi connectivity index (χ2n) is 7.32. The summed E-state index contributed by atoms with van der Waals surface area (Å²) in [5.41, 5.74) is 3.11. The molecule has 1 saturated heterocycles. The third-order valence-corrected chi connectivity index (χ3v) is 5.06. The van der Waals surface area contributed by atoms with Crippen molar-refractivity contribution in [1.82, 2.24) is 24.7 Å². The van der Waals surface area contributed by atoms with E-state index in [1.807, 2.05) is 31.2 Å². The Morgan fingerprint density at radius 1 is 0.970 bits per heavy atom. The summed E-state index contributed by atoms with van der Waals surface area (Å²) >= 11 is 0. The van der Waals surface area contributed by atoms with Crippen LogP contribution in [0.1, 0.15) is 16.5 Å². The van der Waals surface area contributed by atoms with Crippen LogP contribution in [0.25, 0.3) is 39.5 Å². The van der Waals surface area contributed by atoms with E-state index in [1.165, 1.54) is 16.9 Å². The molecule has 0 spiro atoms. The second kappa shape index (κ2) is 8.14. The molecule has 0 amide bonds. The number of pyridine rings is 1. The smallest absolute Gasteiger partial charge is 0.253 e. The van der Waals surface area contributed by atoms with Gasteiger partial charge in [-0.15, -0.1) is 0 Å². The van der Waals surface area contributed by atoms with E-state index >= 15 is 0 Å². The average molecular weight is 447 g/mol. The van der Waals surface area contributed by atoms with Gasteiger partial charge in [-0.25, -0.2) is 9.67 Å². The molecule has 5 heterocycles. The number of hydrogen-bond acceptors (Lipinski definition) is 7. The minimum Gasteiger partial charge on any atom is -0.450 e. The standard InChI is InChI=1S/C25H22N6O2/c1-17-4-2-5-18(12-17)20-15-27-31(16-20)25-28-21-13-22(19-6-3-7-26-14-19)33-23(21)24(29-25)30-8-10-32-11-9-30/h2-7,12-16H,8-11H2,1H3/i8D2,9D2,10D2,11D2. The Labute approximate surface area is 201 Å². The lowest BCUT2D eigenvalue weighted by Crippen LogP contribution is -2.37. The van der Waals surface area contributed by atoms with Gasteiger partial charge in [-0.1, -0.05) is 29.8 Å². The molecule has 0 atom stereocenters. The largest absolute Gasteiger partial charge is 0.450 e. The number of anilines is 1. The molecule has 0 radical (unpaired) electrons. The fourth-order valence-corrected chi connectivity index (χ4v) is 3.51. The second-order valence-corrected chi connectivity index (χ2v) is 7.32. The van der Waals surface area contributed by atoms with Crippen LogP contribution in [-0.4, -0.2) is 50.8 Å². The van der Waals surface area contributed by atoms with Crippen LogP contribution >= 0.6 is 0 Å². The van der Waals surface area contributed by atoms with Crippen molar-refractivity contribution in [2.75, 3.05) is 31.0 Å². The molecule has 0 bridgehead atoms. The Hall–Kier alpha value is -4.04. The summed E-state index contributed by atoms with van der Waals surface area (Å²) in [5.74, 6) is -0.384. The fraction of sp³-hybridized carbons (Fsp3) is 0.200. The normalized spacial score (nSPS) is 23.8. The van der Waals surface area contributed by atoms with Gasteiger partial charge in [0.15, 0.2) is 11.4 Å². The number of benzene rings is 1. The van der Waals surface area contributed by atoms with E-state index in [9.17, 15) is 0 Å². The maximum Gasteiger partial charge on any atom is 0.253 e. The van der Waals surface area contributed by atoms with Gasteiger partial charge in [0.1, 0.15) is 11.3 Å². The molecule has 0 N–H and O–H groups in total. The third-order valence-electron chi connectivity index (χ3n) is 5.06. The molecule has 4 aromatic heterocycles. The number of ether oxygens (including phenoxy) is 1. The summed E-state index contributed by atoms with van der Waals surface area (Å²) in [6.07, 6.45) is 6.32. The first-order chi connectivity index (χ1) is 19.2. The number of furan rings is 1. The van der Waals surface area contributed by atoms with Crippen molar-refractivity contribution in [3.05, 3.63) is 72.8 Å². The highest BCUT2D eigenvalue weighted by Crippen LogP contribution is 2.33. The van der Waals surface area contributed by atoms with Crippen LogP contribution in [0.2, 0.25) is 0 Å². The summed E-state index contributed by atoms with van der Waals surface area (Å²) in [4.78, 5) is 13.3. The zero-order valence-electron chi connectivity index (χ0n) is 25.4. The zero-order chi connectivity index (χ0) is 29.4. The zero-order valence-corrected chi connectivity index (χ0v) is 17.4. The summed E-state index contributed by atoms with van der Waals surface area (Å²) in [6, 6.07) is 12.6. The van der Waals surface area contributed by atoms with Crippen molar-refractivity contribution in [3.8, 4) is 28.4 Å². The van der Waals surface area contributed by atoms with Crippen LogP contribution in [0, 0.1) is 6.92 Å². The van der Waals surface area contributed by atoms with E-state index in [2.05, 4.69) is 24.8 Å². The van der Waals surface area contributed by atoms with E-state index in [-0.39, 0.29) is 27.7 Å². The monoisotopic (exact) mass is 446 g/mol. The Bertz CT molecular complexity index is 1750. The van der Waals surface area contributed by atoms with Crippen LogP contribution in [0.5, 0.6) is 0 Å². The fourth-order valence-electron chi connectivity index (χ4n) is 3.51. The van der Waals surface area contributed by atoms with E-state index in [1.54, 1.807) is 30.7 Å². The molecule has 1 aromatic carbocycles. The summed E-state index contributed by atoms with van der Waals surface area (Å²) in [7, 11) is 0. The molecule has 5 aromatic rings. The number of nitrogens with zero attached hydrogens (tertiary/aromatic N) is 6. The van der Waals surface area contributed by atoms with E-state index in [0.29, 0.717) is 5.56 Å². The first kappa shape index (κ1) is 12.9. The maximum absolute atomic E-state index is 8.57. The number of fused-ring (bicyclic) bond motifs is 1. The Morgan fingerprint density at radius 2 is 1.85 bits per heavy atom. The quantitative estimate of drug-likeness (QED) is 0.407. The highest BCUT2D eigenvalue weighted by Gasteiger charge is 2.22. The number of morpholine rings is 1. The van der Waals surface area contributed by atoms with Gasteiger partial charge < -0.3 is 14.1 Å². The van der Waals surface area contributed by atoms with E-state index in [0.717, 1.165) is 16.7 Å². The first-order valence-electron chi connectivity index (χ1n) is 14.1. The topological polar surface area (TPSA) is 82.1 Å². The molecule has 1 fully saturated rings. The van der Waals surface area contributed by atoms with Gasteiger partial charge in [-0.3, -0.25) is 4.98 Å². The van der Waals surface area contributed by atoms with E-state index in [4.69, 9.17) is 15.4 Å². The van der Waals surface area contributed by atoms with Gasteiger partial charge in [0, 0.05) is 48.8 Å². The molecule has 0 unspecified atom stereocenters. The molecule has 8 heteroatoms. The lowest BCUT2D eigenvalue weighted by atomic mass is 10.1. The molecule has 6 rings (SSSR count). The molecular formula is C25H22N6O2. The van der Waals surface area contributed by atoms with Crippen LogP contribution in [0.3, 0.4) is 0 Å². The first-order valence-corrected chi connectivity index (χ1v) is 10.1. The molecule has 33 heavy (non-hydrogen) atoms. The Morgan fingerprint density at radius 3 is 2.67 bits per heavy atom. The molecule has 0 saturated carbocycles. The molecule has 164 valence electrons. The minimum absolute atomic E-state index is 0.107. The van der Waals surface area contributed by atoms with Crippen LogP contribution in [0.4, 0.5) is 5.82 Å². The van der Waals surface area contributed by atoms with Gasteiger partial charge in [0.25, 0.3) is 5.95 Å². The van der Waals surface area contributed by atoms with Crippen molar-refractivity contribution < 1.29 is 20.1 Å². The van der Waals surface area contributed by atoms with Crippen molar-refractivity contribution in [2.24, 2.45) is 0 Å². The molecule has 8 nitrogen and oxygen atoms in total. The highest BCUT2D eigenvalue weighted by atomic mass is 16.5. The summed E-state index contributed by atoms with van der Waals surface area (Å²) in [6.45, 7) is -11.1. The number of aryl methyl sites for hydroxylation is 1. The number of aromatic nitrogens is 5. The Balaban J connectivity index is 1.60. The molecular weight excluding hydrogens is 416 g/mol.